The van der Waals surface area contributed by atoms with Gasteiger partial charge in [-0.2, -0.15) is 0 Å². The number of para-hydroxylation sites is 1. The Bertz CT molecular complexity index is 544. The Kier molecular flexibility index (Phi) is 3.79. The third-order valence-corrected chi connectivity index (χ3v) is 4.37. The zero-order valence-corrected chi connectivity index (χ0v) is 11.6. The Morgan fingerprint density at radius 3 is 2.79 bits per heavy atom. The lowest BCUT2D eigenvalue weighted by Crippen LogP contribution is -2.31. The van der Waals surface area contributed by atoms with E-state index in [1.165, 1.54) is 31.1 Å². The maximum absolute atomic E-state index is 4.71. The molecule has 1 N–H and O–H groups in total. The number of fused-ring (bicyclic) bond motifs is 1. The van der Waals surface area contributed by atoms with E-state index in [9.17, 15) is 0 Å². The number of rotatable bonds is 4. The number of nitrogens with zero attached hydrogens (tertiary/aromatic N) is 1. The highest BCUT2D eigenvalue weighted by atomic mass is 14.9. The molecule has 1 aliphatic rings. The van der Waals surface area contributed by atoms with Gasteiger partial charge in [0.15, 0.2) is 0 Å². The van der Waals surface area contributed by atoms with Crippen LogP contribution in [0.2, 0.25) is 0 Å². The monoisotopic (exact) mass is 254 g/mol. The topological polar surface area (TPSA) is 24.9 Å². The van der Waals surface area contributed by atoms with Crippen molar-refractivity contribution >= 4 is 10.9 Å². The molecule has 2 aromatic rings. The molecule has 1 atom stereocenters. The highest BCUT2D eigenvalue weighted by Crippen LogP contribution is 2.27. The summed E-state index contributed by atoms with van der Waals surface area (Å²) in [6.07, 6.45) is 5.59. The first kappa shape index (κ1) is 12.6. The molecule has 1 saturated carbocycles. The van der Waals surface area contributed by atoms with Crippen LogP contribution < -0.4 is 5.32 Å². The predicted octanol–water partition coefficient (Wildman–Crippen LogP) is 3.90. The van der Waals surface area contributed by atoms with Crippen LogP contribution in [0.4, 0.5) is 0 Å². The van der Waals surface area contributed by atoms with Crippen LogP contribution in [0, 0.1) is 5.92 Å². The van der Waals surface area contributed by atoms with Crippen molar-refractivity contribution in [1.29, 1.82) is 0 Å². The zero-order chi connectivity index (χ0) is 13.1. The second-order valence-electron chi connectivity index (χ2n) is 5.71. The highest BCUT2D eigenvalue weighted by molar-refractivity contribution is 5.78. The van der Waals surface area contributed by atoms with Crippen molar-refractivity contribution in [3.05, 3.63) is 42.1 Å². The number of hydrogen-bond donors (Lipinski definition) is 1. The van der Waals surface area contributed by atoms with Gasteiger partial charge in [-0.25, -0.2) is 0 Å². The highest BCUT2D eigenvalue weighted by Gasteiger charge is 2.20. The predicted molar refractivity (Wildman–Crippen MR) is 80.0 cm³/mol. The van der Waals surface area contributed by atoms with E-state index in [-0.39, 0.29) is 0 Å². The fourth-order valence-electron chi connectivity index (χ4n) is 3.10. The molecule has 0 aliphatic heterocycles. The lowest BCUT2D eigenvalue weighted by atomic mass is 10.00. The van der Waals surface area contributed by atoms with Crippen LogP contribution in [-0.2, 0) is 6.54 Å². The summed E-state index contributed by atoms with van der Waals surface area (Å²) < 4.78 is 0. The molecule has 1 fully saturated rings. The molecule has 19 heavy (non-hydrogen) atoms. The summed E-state index contributed by atoms with van der Waals surface area (Å²) in [5, 5.41) is 4.86. The summed E-state index contributed by atoms with van der Waals surface area (Å²) in [6, 6.07) is 13.2. The van der Waals surface area contributed by atoms with E-state index >= 15 is 0 Å². The average molecular weight is 254 g/mol. The second-order valence-corrected chi connectivity index (χ2v) is 5.71. The summed E-state index contributed by atoms with van der Waals surface area (Å²) in [6.45, 7) is 3.19. The van der Waals surface area contributed by atoms with Crippen molar-refractivity contribution in [1.82, 2.24) is 10.3 Å². The number of benzene rings is 1. The van der Waals surface area contributed by atoms with Crippen molar-refractivity contribution in [2.75, 3.05) is 0 Å². The second kappa shape index (κ2) is 5.70. The van der Waals surface area contributed by atoms with Gasteiger partial charge in [-0.1, -0.05) is 37.1 Å². The van der Waals surface area contributed by atoms with Gasteiger partial charge in [0, 0.05) is 18.0 Å². The fraction of sp³-hybridized carbons (Fsp3) is 0.471. The molecule has 100 valence electrons. The molecular weight excluding hydrogens is 232 g/mol. The molecule has 1 heterocycles. The van der Waals surface area contributed by atoms with Crippen molar-refractivity contribution in [3.63, 3.8) is 0 Å². The van der Waals surface area contributed by atoms with Crippen molar-refractivity contribution in [2.45, 2.75) is 45.2 Å². The number of nitrogens with one attached hydrogen (secondary N) is 1. The molecule has 0 spiro atoms. The van der Waals surface area contributed by atoms with Crippen molar-refractivity contribution < 1.29 is 0 Å². The van der Waals surface area contributed by atoms with Crippen LogP contribution in [-0.4, -0.2) is 11.0 Å². The number of aromatic nitrogens is 1. The largest absolute Gasteiger partial charge is 0.308 e. The maximum atomic E-state index is 4.71. The molecule has 0 amide bonds. The standard InChI is InChI=1S/C17H22N2/c1-13(14-6-2-3-7-14)18-12-16-11-10-15-8-4-5-9-17(15)19-16/h4-5,8-11,13-14,18H,2-3,6-7,12H2,1H3/t13-/m0/s1. The summed E-state index contributed by atoms with van der Waals surface area (Å²) in [5.74, 6) is 0.862. The maximum Gasteiger partial charge on any atom is 0.0705 e. The molecular formula is C17H22N2. The minimum absolute atomic E-state index is 0.607. The van der Waals surface area contributed by atoms with Gasteiger partial charge in [0.25, 0.3) is 0 Å². The molecule has 0 radical (unpaired) electrons. The van der Waals surface area contributed by atoms with Gasteiger partial charge < -0.3 is 5.32 Å². The zero-order valence-electron chi connectivity index (χ0n) is 11.6. The van der Waals surface area contributed by atoms with Crippen molar-refractivity contribution in [2.24, 2.45) is 5.92 Å². The van der Waals surface area contributed by atoms with Crippen LogP contribution in [0.5, 0.6) is 0 Å². The van der Waals surface area contributed by atoms with Gasteiger partial charge in [0.2, 0.25) is 0 Å². The number of hydrogen-bond acceptors (Lipinski definition) is 2. The minimum Gasteiger partial charge on any atom is -0.308 e. The van der Waals surface area contributed by atoms with E-state index in [1.54, 1.807) is 0 Å². The Balaban J connectivity index is 1.64. The van der Waals surface area contributed by atoms with Gasteiger partial charge in [-0.05, 0) is 37.8 Å². The number of pyridine rings is 1. The fourth-order valence-corrected chi connectivity index (χ4v) is 3.10. The van der Waals surface area contributed by atoms with Gasteiger partial charge in [-0.3, -0.25) is 4.98 Å². The lowest BCUT2D eigenvalue weighted by Gasteiger charge is -2.20. The van der Waals surface area contributed by atoms with E-state index in [4.69, 9.17) is 4.98 Å². The first-order chi connectivity index (χ1) is 9.33. The third-order valence-electron chi connectivity index (χ3n) is 4.37. The first-order valence-corrected chi connectivity index (χ1v) is 7.41. The van der Waals surface area contributed by atoms with Crippen LogP contribution in [0.25, 0.3) is 10.9 Å². The van der Waals surface area contributed by atoms with Gasteiger partial charge in [-0.15, -0.1) is 0 Å². The van der Waals surface area contributed by atoms with E-state index in [0.717, 1.165) is 23.7 Å². The van der Waals surface area contributed by atoms with Gasteiger partial charge in [0.05, 0.1) is 11.2 Å². The van der Waals surface area contributed by atoms with Gasteiger partial charge >= 0.3 is 0 Å². The van der Waals surface area contributed by atoms with Crippen LogP contribution in [0.3, 0.4) is 0 Å². The first-order valence-electron chi connectivity index (χ1n) is 7.41. The van der Waals surface area contributed by atoms with Crippen molar-refractivity contribution in [3.8, 4) is 0 Å². The summed E-state index contributed by atoms with van der Waals surface area (Å²) in [7, 11) is 0. The van der Waals surface area contributed by atoms with E-state index in [2.05, 4.69) is 42.6 Å². The molecule has 1 aromatic carbocycles. The Morgan fingerprint density at radius 2 is 1.95 bits per heavy atom. The molecule has 1 aromatic heterocycles. The SMILES string of the molecule is C[C@H](NCc1ccc2ccccc2n1)C1CCCC1. The summed E-state index contributed by atoms with van der Waals surface area (Å²) >= 11 is 0. The molecule has 2 nitrogen and oxygen atoms in total. The summed E-state index contributed by atoms with van der Waals surface area (Å²) in [4.78, 5) is 4.71. The molecule has 0 saturated heterocycles. The Morgan fingerprint density at radius 1 is 1.16 bits per heavy atom. The smallest absolute Gasteiger partial charge is 0.0705 e. The average Bonchev–Trinajstić information content (AvgIpc) is 2.99. The molecule has 0 bridgehead atoms. The van der Waals surface area contributed by atoms with E-state index in [1.807, 2.05) is 6.07 Å². The Hall–Kier alpha value is -1.41. The Labute approximate surface area is 115 Å². The van der Waals surface area contributed by atoms with Gasteiger partial charge in [0.1, 0.15) is 0 Å². The van der Waals surface area contributed by atoms with E-state index < -0.39 is 0 Å². The molecule has 2 heteroatoms. The quantitative estimate of drug-likeness (QED) is 0.895. The van der Waals surface area contributed by atoms with Crippen LogP contribution in [0.1, 0.15) is 38.3 Å². The molecule has 1 aliphatic carbocycles. The minimum atomic E-state index is 0.607. The molecule has 3 rings (SSSR count). The van der Waals surface area contributed by atoms with E-state index in [0.29, 0.717) is 6.04 Å². The summed E-state index contributed by atoms with van der Waals surface area (Å²) in [5.41, 5.74) is 2.24. The lowest BCUT2D eigenvalue weighted by molar-refractivity contribution is 0.379. The normalized spacial score (nSPS) is 17.9. The molecule has 0 unspecified atom stereocenters. The van der Waals surface area contributed by atoms with Crippen LogP contribution in [0.15, 0.2) is 36.4 Å². The van der Waals surface area contributed by atoms with Crippen LogP contribution >= 0.6 is 0 Å². The third kappa shape index (κ3) is 2.95.